The number of rotatable bonds is 5. The van der Waals surface area contributed by atoms with Crippen LogP contribution in [0.15, 0.2) is 41.3 Å². The second kappa shape index (κ2) is 9.00. The highest BCUT2D eigenvalue weighted by Gasteiger charge is 2.36. The lowest BCUT2D eigenvalue weighted by molar-refractivity contribution is -0.141. The van der Waals surface area contributed by atoms with E-state index in [4.69, 9.17) is 4.74 Å². The SMILES string of the molecule is Cc1cc(F)ccc1Oc1nc(C(F)(F)F)c(C)cc1C(=O)Nc1cnn(C(C)C)c(=O)c1. The summed E-state index contributed by atoms with van der Waals surface area (Å²) in [6.45, 7) is 6.16. The molecule has 33 heavy (non-hydrogen) atoms. The zero-order valence-electron chi connectivity index (χ0n) is 18.1. The van der Waals surface area contributed by atoms with Gasteiger partial charge < -0.3 is 10.1 Å². The smallest absolute Gasteiger partial charge is 0.433 e. The topological polar surface area (TPSA) is 86.1 Å². The number of anilines is 1. The Morgan fingerprint density at radius 2 is 1.82 bits per heavy atom. The van der Waals surface area contributed by atoms with Gasteiger partial charge in [0.25, 0.3) is 11.5 Å². The molecule has 0 fully saturated rings. The number of aryl methyl sites for hydroxylation is 2. The summed E-state index contributed by atoms with van der Waals surface area (Å²) in [7, 11) is 0. The van der Waals surface area contributed by atoms with Crippen LogP contribution in [-0.2, 0) is 6.18 Å². The van der Waals surface area contributed by atoms with Gasteiger partial charge in [-0.1, -0.05) is 0 Å². The summed E-state index contributed by atoms with van der Waals surface area (Å²) in [5.41, 5.74) is -1.97. The first-order valence-corrected chi connectivity index (χ1v) is 9.80. The largest absolute Gasteiger partial charge is 0.438 e. The van der Waals surface area contributed by atoms with Crippen molar-refractivity contribution in [3.05, 3.63) is 75.1 Å². The van der Waals surface area contributed by atoms with Crippen LogP contribution in [0.3, 0.4) is 0 Å². The van der Waals surface area contributed by atoms with E-state index in [-0.39, 0.29) is 28.6 Å². The Morgan fingerprint density at radius 3 is 2.39 bits per heavy atom. The van der Waals surface area contributed by atoms with Crippen molar-refractivity contribution < 1.29 is 27.1 Å². The van der Waals surface area contributed by atoms with E-state index in [1.807, 2.05) is 0 Å². The molecule has 2 heterocycles. The van der Waals surface area contributed by atoms with E-state index in [1.54, 1.807) is 13.8 Å². The van der Waals surface area contributed by atoms with Crippen molar-refractivity contribution >= 4 is 11.6 Å². The maximum absolute atomic E-state index is 13.4. The molecule has 1 aromatic carbocycles. The molecule has 0 aliphatic carbocycles. The number of hydrogen-bond acceptors (Lipinski definition) is 5. The Morgan fingerprint density at radius 1 is 1.12 bits per heavy atom. The maximum atomic E-state index is 13.4. The van der Waals surface area contributed by atoms with Crippen molar-refractivity contribution in [2.45, 2.75) is 39.9 Å². The molecule has 1 amide bonds. The summed E-state index contributed by atoms with van der Waals surface area (Å²) < 4.78 is 60.3. The highest BCUT2D eigenvalue weighted by molar-refractivity contribution is 6.06. The average molecular weight is 464 g/mol. The number of carbonyl (C=O) groups is 1. The molecule has 7 nitrogen and oxygen atoms in total. The van der Waals surface area contributed by atoms with Crippen LogP contribution in [0.4, 0.5) is 23.2 Å². The molecular formula is C22H20F4N4O3. The Kier molecular flexibility index (Phi) is 6.52. The fourth-order valence-electron chi connectivity index (χ4n) is 3.03. The number of nitrogens with one attached hydrogen (secondary N) is 1. The Hall–Kier alpha value is -3.76. The van der Waals surface area contributed by atoms with Crippen LogP contribution >= 0.6 is 0 Å². The summed E-state index contributed by atoms with van der Waals surface area (Å²) in [5.74, 6) is -2.02. The third-order valence-corrected chi connectivity index (χ3v) is 4.61. The fourth-order valence-corrected chi connectivity index (χ4v) is 3.03. The third-order valence-electron chi connectivity index (χ3n) is 4.61. The van der Waals surface area contributed by atoms with Crippen molar-refractivity contribution in [3.63, 3.8) is 0 Å². The normalized spacial score (nSPS) is 11.5. The number of benzene rings is 1. The van der Waals surface area contributed by atoms with E-state index in [2.05, 4.69) is 15.4 Å². The van der Waals surface area contributed by atoms with Gasteiger partial charge in [-0.25, -0.2) is 14.1 Å². The molecule has 1 N–H and O–H groups in total. The van der Waals surface area contributed by atoms with Crippen LogP contribution in [0, 0.1) is 19.7 Å². The van der Waals surface area contributed by atoms with Crippen molar-refractivity contribution in [3.8, 4) is 11.6 Å². The molecule has 0 aliphatic heterocycles. The number of alkyl halides is 3. The van der Waals surface area contributed by atoms with E-state index in [1.165, 1.54) is 23.9 Å². The van der Waals surface area contributed by atoms with Crippen LogP contribution in [0.2, 0.25) is 0 Å². The van der Waals surface area contributed by atoms with Gasteiger partial charge in [-0.3, -0.25) is 9.59 Å². The van der Waals surface area contributed by atoms with Crippen LogP contribution in [0.5, 0.6) is 11.6 Å². The van der Waals surface area contributed by atoms with Crippen LogP contribution in [-0.4, -0.2) is 20.7 Å². The van der Waals surface area contributed by atoms with E-state index >= 15 is 0 Å². The molecule has 0 saturated heterocycles. The lowest BCUT2D eigenvalue weighted by atomic mass is 10.1. The molecule has 0 atom stereocenters. The summed E-state index contributed by atoms with van der Waals surface area (Å²) in [6, 6.07) is 5.33. The number of hydrogen-bond donors (Lipinski definition) is 1. The Bertz CT molecular complexity index is 1270. The van der Waals surface area contributed by atoms with Gasteiger partial charge >= 0.3 is 6.18 Å². The van der Waals surface area contributed by atoms with E-state index < -0.39 is 35.0 Å². The molecule has 0 radical (unpaired) electrons. The van der Waals surface area contributed by atoms with Crippen molar-refractivity contribution in [2.75, 3.05) is 5.32 Å². The Balaban J connectivity index is 2.04. The zero-order valence-corrected chi connectivity index (χ0v) is 18.1. The Labute approximate surface area is 186 Å². The highest BCUT2D eigenvalue weighted by Crippen LogP contribution is 2.35. The molecule has 2 aromatic heterocycles. The van der Waals surface area contributed by atoms with Crippen LogP contribution in [0.1, 0.15) is 47.1 Å². The monoisotopic (exact) mass is 464 g/mol. The summed E-state index contributed by atoms with van der Waals surface area (Å²) in [6.07, 6.45) is -3.55. The molecular weight excluding hydrogens is 444 g/mol. The van der Waals surface area contributed by atoms with Gasteiger partial charge in [0.1, 0.15) is 17.1 Å². The van der Waals surface area contributed by atoms with E-state index in [0.29, 0.717) is 5.56 Å². The molecule has 174 valence electrons. The number of amides is 1. The number of aromatic nitrogens is 3. The van der Waals surface area contributed by atoms with Gasteiger partial charge in [0.2, 0.25) is 5.88 Å². The minimum atomic E-state index is -4.79. The zero-order chi connectivity index (χ0) is 24.5. The number of ether oxygens (including phenoxy) is 1. The maximum Gasteiger partial charge on any atom is 0.433 e. The molecule has 0 bridgehead atoms. The van der Waals surface area contributed by atoms with Crippen molar-refractivity contribution in [2.24, 2.45) is 0 Å². The minimum absolute atomic E-state index is 0.0242. The molecule has 11 heteroatoms. The quantitative estimate of drug-likeness (QED) is 0.535. The second-order valence-electron chi connectivity index (χ2n) is 7.59. The van der Waals surface area contributed by atoms with Gasteiger partial charge in [0.15, 0.2) is 5.69 Å². The third kappa shape index (κ3) is 5.36. The first kappa shape index (κ1) is 23.9. The number of carbonyl (C=O) groups excluding carboxylic acids is 1. The minimum Gasteiger partial charge on any atom is -0.438 e. The molecule has 0 unspecified atom stereocenters. The number of halogens is 4. The number of pyridine rings is 1. The standard InChI is InChI=1S/C22H20F4N4O3/c1-11(2)30-18(31)9-15(10-27-30)28-20(32)16-8-13(4)19(22(24,25)26)29-21(16)33-17-6-5-14(23)7-12(17)3/h5-11H,1-4H3,(H,28,32). The van der Waals surface area contributed by atoms with Gasteiger partial charge in [-0.05, 0) is 63.1 Å². The molecule has 0 aliphatic rings. The van der Waals surface area contributed by atoms with Crippen LogP contribution in [0.25, 0.3) is 0 Å². The molecule has 3 rings (SSSR count). The predicted octanol–water partition coefficient (Wildman–Crippen LogP) is 5.04. The first-order valence-electron chi connectivity index (χ1n) is 9.80. The first-order chi connectivity index (χ1) is 15.4. The summed E-state index contributed by atoms with van der Waals surface area (Å²) in [4.78, 5) is 28.6. The van der Waals surface area contributed by atoms with E-state index in [0.717, 1.165) is 31.2 Å². The molecule has 0 spiro atoms. The van der Waals surface area contributed by atoms with Crippen molar-refractivity contribution in [1.82, 2.24) is 14.8 Å². The molecule has 3 aromatic rings. The highest BCUT2D eigenvalue weighted by atomic mass is 19.4. The van der Waals surface area contributed by atoms with Gasteiger partial charge in [-0.2, -0.15) is 18.3 Å². The van der Waals surface area contributed by atoms with Gasteiger partial charge in [-0.15, -0.1) is 0 Å². The lowest BCUT2D eigenvalue weighted by Gasteiger charge is -2.16. The van der Waals surface area contributed by atoms with Crippen LogP contribution < -0.4 is 15.6 Å². The van der Waals surface area contributed by atoms with Gasteiger partial charge in [0.05, 0.1) is 17.9 Å². The fraction of sp³-hybridized carbons (Fsp3) is 0.273. The van der Waals surface area contributed by atoms with E-state index in [9.17, 15) is 27.2 Å². The lowest BCUT2D eigenvalue weighted by Crippen LogP contribution is -2.25. The summed E-state index contributed by atoms with van der Waals surface area (Å²) in [5, 5.41) is 6.38. The predicted molar refractivity (Wildman–Crippen MR) is 112 cm³/mol. The second-order valence-corrected chi connectivity index (χ2v) is 7.59. The van der Waals surface area contributed by atoms with Crippen molar-refractivity contribution in [1.29, 1.82) is 0 Å². The average Bonchev–Trinajstić information content (AvgIpc) is 2.69. The summed E-state index contributed by atoms with van der Waals surface area (Å²) >= 11 is 0. The van der Waals surface area contributed by atoms with Gasteiger partial charge in [0, 0.05) is 6.07 Å². The molecule has 0 saturated carbocycles. The number of nitrogens with zero attached hydrogens (tertiary/aromatic N) is 3.